The van der Waals surface area contributed by atoms with Crippen LogP contribution in [-0.4, -0.2) is 30.3 Å². The minimum atomic E-state index is -1.22. The van der Waals surface area contributed by atoms with Gasteiger partial charge in [0.25, 0.3) is 0 Å². The van der Waals surface area contributed by atoms with Crippen LogP contribution in [0.5, 0.6) is 0 Å². The van der Waals surface area contributed by atoms with Crippen LogP contribution in [0.25, 0.3) is 0 Å². The molecule has 5 heteroatoms. The summed E-state index contributed by atoms with van der Waals surface area (Å²) >= 11 is 0. The molecule has 1 amide bonds. The molecule has 0 fully saturated rings. The maximum Gasteiger partial charge on any atom is 0.405 e. The van der Waals surface area contributed by atoms with Crippen LogP contribution in [0.1, 0.15) is 13.3 Å². The van der Waals surface area contributed by atoms with E-state index in [1.165, 1.54) is 7.11 Å². The largest absolute Gasteiger partial charge is 0.467 e. The SMILES string of the molecule is CCC(NC(=O)O)C(=O)OC. The van der Waals surface area contributed by atoms with Crippen LogP contribution in [-0.2, 0) is 9.53 Å². The number of carbonyl (C=O) groups excluding carboxylic acids is 1. The fourth-order valence-electron chi connectivity index (χ4n) is 0.619. The number of rotatable bonds is 3. The lowest BCUT2D eigenvalue weighted by molar-refractivity contribution is -0.143. The molecule has 0 aromatic rings. The van der Waals surface area contributed by atoms with Gasteiger partial charge in [-0.3, -0.25) is 0 Å². The van der Waals surface area contributed by atoms with Gasteiger partial charge in [-0.1, -0.05) is 6.92 Å². The Balaban J connectivity index is 3.94. The first-order valence-electron chi connectivity index (χ1n) is 3.19. The third-order valence-electron chi connectivity index (χ3n) is 1.19. The van der Waals surface area contributed by atoms with E-state index >= 15 is 0 Å². The van der Waals surface area contributed by atoms with Gasteiger partial charge in [-0.05, 0) is 6.42 Å². The first-order valence-corrected chi connectivity index (χ1v) is 3.19. The Kier molecular flexibility index (Phi) is 4.02. The van der Waals surface area contributed by atoms with Crippen molar-refractivity contribution in [1.29, 1.82) is 0 Å². The van der Waals surface area contributed by atoms with Crippen molar-refractivity contribution < 1.29 is 19.4 Å². The molecule has 64 valence electrons. The van der Waals surface area contributed by atoms with Crippen molar-refractivity contribution in [2.24, 2.45) is 0 Å². The highest BCUT2D eigenvalue weighted by molar-refractivity contribution is 5.80. The van der Waals surface area contributed by atoms with E-state index in [1.54, 1.807) is 6.92 Å². The summed E-state index contributed by atoms with van der Waals surface area (Å²) in [6.45, 7) is 1.69. The van der Waals surface area contributed by atoms with Gasteiger partial charge in [-0.15, -0.1) is 0 Å². The van der Waals surface area contributed by atoms with Crippen LogP contribution < -0.4 is 5.32 Å². The van der Waals surface area contributed by atoms with Crippen molar-refractivity contribution in [3.8, 4) is 0 Å². The molecule has 5 nitrogen and oxygen atoms in total. The van der Waals surface area contributed by atoms with Crippen LogP contribution in [0.4, 0.5) is 4.79 Å². The van der Waals surface area contributed by atoms with Crippen molar-refractivity contribution >= 4 is 12.1 Å². The summed E-state index contributed by atoms with van der Waals surface area (Å²) in [5.41, 5.74) is 0. The fourth-order valence-corrected chi connectivity index (χ4v) is 0.619. The normalized spacial score (nSPS) is 11.8. The molecule has 0 heterocycles. The summed E-state index contributed by atoms with van der Waals surface area (Å²) in [6.07, 6.45) is -0.832. The molecule has 0 aromatic carbocycles. The molecule has 0 aliphatic heterocycles. The second-order valence-corrected chi connectivity index (χ2v) is 1.93. The molecule has 0 spiro atoms. The van der Waals surface area contributed by atoms with Crippen LogP contribution in [0, 0.1) is 0 Å². The molecule has 11 heavy (non-hydrogen) atoms. The lowest BCUT2D eigenvalue weighted by atomic mass is 10.2. The monoisotopic (exact) mass is 161 g/mol. The Hall–Kier alpha value is -1.26. The van der Waals surface area contributed by atoms with E-state index in [1.807, 2.05) is 5.32 Å². The van der Waals surface area contributed by atoms with E-state index < -0.39 is 18.1 Å². The molecule has 1 unspecified atom stereocenters. The van der Waals surface area contributed by atoms with Crippen LogP contribution >= 0.6 is 0 Å². The number of methoxy groups -OCH3 is 1. The Morgan fingerprint density at radius 1 is 1.64 bits per heavy atom. The Bertz CT molecular complexity index is 157. The van der Waals surface area contributed by atoms with Crippen molar-refractivity contribution in [3.05, 3.63) is 0 Å². The summed E-state index contributed by atoms with van der Waals surface area (Å²) in [4.78, 5) is 20.8. The molecular formula is C6H11NO4. The minimum Gasteiger partial charge on any atom is -0.467 e. The number of nitrogens with one attached hydrogen (secondary N) is 1. The molecule has 0 aromatic heterocycles. The molecule has 0 bridgehead atoms. The Labute approximate surface area is 64.3 Å². The summed E-state index contributed by atoms with van der Waals surface area (Å²) in [5, 5.41) is 10.3. The molecule has 0 saturated heterocycles. The lowest BCUT2D eigenvalue weighted by Crippen LogP contribution is -2.40. The van der Waals surface area contributed by atoms with Gasteiger partial charge in [0.1, 0.15) is 6.04 Å². The second kappa shape index (κ2) is 4.54. The Morgan fingerprint density at radius 3 is 2.45 bits per heavy atom. The molecule has 0 rings (SSSR count). The van der Waals surface area contributed by atoms with Gasteiger partial charge in [-0.25, -0.2) is 9.59 Å². The van der Waals surface area contributed by atoms with E-state index in [0.717, 1.165) is 0 Å². The van der Waals surface area contributed by atoms with Crippen molar-refractivity contribution in [2.45, 2.75) is 19.4 Å². The van der Waals surface area contributed by atoms with Gasteiger partial charge >= 0.3 is 12.1 Å². The van der Waals surface area contributed by atoms with Crippen LogP contribution in [0.3, 0.4) is 0 Å². The van der Waals surface area contributed by atoms with Crippen molar-refractivity contribution in [1.82, 2.24) is 5.32 Å². The Morgan fingerprint density at radius 2 is 2.18 bits per heavy atom. The average molecular weight is 161 g/mol. The highest BCUT2D eigenvalue weighted by Gasteiger charge is 2.17. The maximum absolute atomic E-state index is 10.7. The number of hydrogen-bond acceptors (Lipinski definition) is 3. The van der Waals surface area contributed by atoms with Crippen LogP contribution in [0.2, 0.25) is 0 Å². The van der Waals surface area contributed by atoms with E-state index in [0.29, 0.717) is 6.42 Å². The van der Waals surface area contributed by atoms with Crippen molar-refractivity contribution in [2.75, 3.05) is 7.11 Å². The zero-order chi connectivity index (χ0) is 8.85. The van der Waals surface area contributed by atoms with Gasteiger partial charge in [-0.2, -0.15) is 0 Å². The first kappa shape index (κ1) is 9.74. The molecule has 1 atom stereocenters. The fraction of sp³-hybridized carbons (Fsp3) is 0.667. The second-order valence-electron chi connectivity index (χ2n) is 1.93. The molecule has 0 aliphatic carbocycles. The maximum atomic E-state index is 10.7. The number of ether oxygens (including phenoxy) is 1. The highest BCUT2D eigenvalue weighted by Crippen LogP contribution is 1.92. The number of carboxylic acid groups (broad SMARTS) is 1. The summed E-state index contributed by atoms with van der Waals surface area (Å²) in [5.74, 6) is -0.560. The third-order valence-corrected chi connectivity index (χ3v) is 1.19. The van der Waals surface area contributed by atoms with E-state index in [9.17, 15) is 9.59 Å². The van der Waals surface area contributed by atoms with Gasteiger partial charge < -0.3 is 15.2 Å². The number of esters is 1. The van der Waals surface area contributed by atoms with Gasteiger partial charge in [0.15, 0.2) is 0 Å². The predicted molar refractivity (Wildman–Crippen MR) is 37.3 cm³/mol. The van der Waals surface area contributed by atoms with Gasteiger partial charge in [0.05, 0.1) is 7.11 Å². The van der Waals surface area contributed by atoms with E-state index in [2.05, 4.69) is 4.74 Å². The quantitative estimate of drug-likeness (QED) is 0.580. The van der Waals surface area contributed by atoms with Gasteiger partial charge in [0, 0.05) is 0 Å². The average Bonchev–Trinajstić information content (AvgIpc) is 1.98. The molecule has 2 N–H and O–H groups in total. The zero-order valence-corrected chi connectivity index (χ0v) is 6.46. The number of carbonyl (C=O) groups is 2. The molecule has 0 aliphatic rings. The van der Waals surface area contributed by atoms with Gasteiger partial charge in [0.2, 0.25) is 0 Å². The summed E-state index contributed by atoms with van der Waals surface area (Å²) in [7, 11) is 1.22. The summed E-state index contributed by atoms with van der Waals surface area (Å²) < 4.78 is 4.34. The van der Waals surface area contributed by atoms with Crippen LogP contribution in [0.15, 0.2) is 0 Å². The topological polar surface area (TPSA) is 75.6 Å². The number of hydrogen-bond donors (Lipinski definition) is 2. The van der Waals surface area contributed by atoms with Crippen molar-refractivity contribution in [3.63, 3.8) is 0 Å². The first-order chi connectivity index (χ1) is 5.11. The van der Waals surface area contributed by atoms with E-state index in [4.69, 9.17) is 5.11 Å². The minimum absolute atomic E-state index is 0.388. The number of amides is 1. The zero-order valence-electron chi connectivity index (χ0n) is 6.46. The molecular weight excluding hydrogens is 150 g/mol. The van der Waals surface area contributed by atoms with E-state index in [-0.39, 0.29) is 0 Å². The molecule has 0 saturated carbocycles. The summed E-state index contributed by atoms with van der Waals surface area (Å²) in [6, 6.07) is -0.752. The molecule has 0 radical (unpaired) electrons. The standard InChI is InChI=1S/C6H11NO4/c1-3-4(5(8)11-2)7-6(9)10/h4,7H,3H2,1-2H3,(H,9,10). The third kappa shape index (κ3) is 3.44. The predicted octanol–water partition coefficient (Wildman–Crippen LogP) is 0.206. The smallest absolute Gasteiger partial charge is 0.405 e. The highest BCUT2D eigenvalue weighted by atomic mass is 16.5. The lowest BCUT2D eigenvalue weighted by Gasteiger charge is -2.10.